The molecule has 8 heteroatoms. The molecule has 0 saturated carbocycles. The van der Waals surface area contributed by atoms with Crippen molar-refractivity contribution in [1.82, 2.24) is 9.38 Å². The largest absolute Gasteiger partial charge is 0.493 e. The summed E-state index contributed by atoms with van der Waals surface area (Å²) in [4.78, 5) is 29.7. The lowest BCUT2D eigenvalue weighted by Crippen LogP contribution is -2.34. The van der Waals surface area contributed by atoms with Crippen LogP contribution in [-0.2, 0) is 11.2 Å². The molecule has 4 rings (SSSR count). The average Bonchev–Trinajstić information content (AvgIpc) is 3.12. The minimum atomic E-state index is -0.387. The zero-order valence-electron chi connectivity index (χ0n) is 13.4. The smallest absolute Gasteiger partial charge is 0.282 e. The van der Waals surface area contributed by atoms with E-state index in [9.17, 15) is 9.59 Å². The number of nitrogens with zero attached hydrogens (tertiary/aromatic N) is 2. The van der Waals surface area contributed by atoms with Crippen LogP contribution in [0.25, 0.3) is 4.96 Å². The zero-order valence-corrected chi connectivity index (χ0v) is 14.2. The fraction of sp³-hybridized carbons (Fsp3) is 0.235. The number of anilines is 1. The monoisotopic (exact) mass is 357 g/mol. The highest BCUT2D eigenvalue weighted by Gasteiger charge is 2.28. The van der Waals surface area contributed by atoms with Crippen molar-refractivity contribution in [3.05, 3.63) is 51.9 Å². The third kappa shape index (κ3) is 2.74. The van der Waals surface area contributed by atoms with E-state index in [1.54, 1.807) is 18.7 Å². The first-order chi connectivity index (χ1) is 12.2. The summed E-state index contributed by atoms with van der Waals surface area (Å²) in [6.07, 6.45) is 3.55. The second-order valence-electron chi connectivity index (χ2n) is 5.68. The molecular weight excluding hydrogens is 342 g/mol. The first kappa shape index (κ1) is 15.6. The number of benzene rings is 1. The summed E-state index contributed by atoms with van der Waals surface area (Å²) < 4.78 is 12.4. The van der Waals surface area contributed by atoms with Crippen LogP contribution in [0.15, 0.2) is 40.8 Å². The van der Waals surface area contributed by atoms with Gasteiger partial charge in [0, 0.05) is 11.6 Å². The minimum absolute atomic E-state index is 0.164. The summed E-state index contributed by atoms with van der Waals surface area (Å²) in [5, 5.41) is 4.45. The maximum Gasteiger partial charge on any atom is 0.282 e. The number of methoxy groups -OCH3 is 1. The molecule has 25 heavy (non-hydrogen) atoms. The van der Waals surface area contributed by atoms with Crippen LogP contribution in [-0.4, -0.2) is 29.0 Å². The normalized spacial score (nSPS) is 16.1. The van der Waals surface area contributed by atoms with Crippen molar-refractivity contribution in [3.63, 3.8) is 0 Å². The number of fused-ring (bicyclic) bond motifs is 2. The Hall–Kier alpha value is -2.87. The van der Waals surface area contributed by atoms with Crippen LogP contribution >= 0.6 is 11.3 Å². The van der Waals surface area contributed by atoms with Gasteiger partial charge in [0.2, 0.25) is 5.91 Å². The Balaban J connectivity index is 1.55. The van der Waals surface area contributed by atoms with E-state index in [-0.39, 0.29) is 29.7 Å². The fourth-order valence-electron chi connectivity index (χ4n) is 2.87. The fourth-order valence-corrected chi connectivity index (χ4v) is 3.54. The third-order valence-electron chi connectivity index (χ3n) is 4.15. The molecule has 0 radical (unpaired) electrons. The lowest BCUT2D eigenvalue weighted by Gasteiger charge is -2.25. The molecule has 1 N–H and O–H groups in total. The molecule has 1 atom stereocenters. The van der Waals surface area contributed by atoms with Crippen molar-refractivity contribution in [3.8, 4) is 11.5 Å². The maximum absolute atomic E-state index is 12.6. The van der Waals surface area contributed by atoms with Crippen LogP contribution < -0.4 is 20.3 Å². The number of aromatic nitrogens is 2. The summed E-state index contributed by atoms with van der Waals surface area (Å²) in [6, 6.07) is 5.59. The molecule has 1 aliphatic heterocycles. The van der Waals surface area contributed by atoms with Gasteiger partial charge in [0.25, 0.3) is 5.56 Å². The van der Waals surface area contributed by atoms with Crippen molar-refractivity contribution in [2.45, 2.75) is 6.42 Å². The summed E-state index contributed by atoms with van der Waals surface area (Å²) in [5.41, 5.74) is 0.782. The van der Waals surface area contributed by atoms with E-state index in [0.29, 0.717) is 22.9 Å². The molecule has 1 amide bonds. The van der Waals surface area contributed by atoms with Crippen molar-refractivity contribution < 1.29 is 14.3 Å². The third-order valence-corrected chi connectivity index (χ3v) is 4.92. The quantitative estimate of drug-likeness (QED) is 0.775. The second kappa shape index (κ2) is 6.21. The number of hydrogen-bond donors (Lipinski definition) is 1. The van der Waals surface area contributed by atoms with Gasteiger partial charge in [-0.15, -0.1) is 11.3 Å². The Kier molecular flexibility index (Phi) is 3.89. The molecule has 3 aromatic rings. The van der Waals surface area contributed by atoms with Crippen LogP contribution in [0.2, 0.25) is 0 Å². The van der Waals surface area contributed by atoms with E-state index < -0.39 is 0 Å². The average molecular weight is 357 g/mol. The molecule has 0 bridgehead atoms. The highest BCUT2D eigenvalue weighted by atomic mass is 32.1. The lowest BCUT2D eigenvalue weighted by atomic mass is 9.95. The Morgan fingerprint density at radius 3 is 3.20 bits per heavy atom. The molecule has 3 heterocycles. The van der Waals surface area contributed by atoms with Crippen LogP contribution in [0.4, 0.5) is 5.69 Å². The van der Waals surface area contributed by atoms with Gasteiger partial charge in [-0.05, 0) is 18.1 Å². The van der Waals surface area contributed by atoms with Gasteiger partial charge in [0.15, 0.2) is 16.5 Å². The van der Waals surface area contributed by atoms with E-state index in [4.69, 9.17) is 9.47 Å². The molecule has 0 fully saturated rings. The van der Waals surface area contributed by atoms with Gasteiger partial charge in [-0.25, -0.2) is 4.98 Å². The molecule has 1 aromatic carbocycles. The highest BCUT2D eigenvalue weighted by Crippen LogP contribution is 2.36. The van der Waals surface area contributed by atoms with Gasteiger partial charge in [0.1, 0.15) is 12.3 Å². The van der Waals surface area contributed by atoms with Crippen molar-refractivity contribution in [2.24, 2.45) is 5.92 Å². The summed E-state index contributed by atoms with van der Waals surface area (Å²) in [7, 11) is 1.58. The number of ether oxygens (including phenoxy) is 2. The summed E-state index contributed by atoms with van der Waals surface area (Å²) in [6.45, 7) is 0.231. The van der Waals surface area contributed by atoms with Gasteiger partial charge >= 0.3 is 0 Å². The van der Waals surface area contributed by atoms with Gasteiger partial charge in [0.05, 0.1) is 19.2 Å². The topological polar surface area (TPSA) is 81.9 Å². The van der Waals surface area contributed by atoms with E-state index in [1.807, 2.05) is 18.2 Å². The maximum atomic E-state index is 12.6. The Labute approximate surface area is 146 Å². The summed E-state index contributed by atoms with van der Waals surface area (Å²) in [5.74, 6) is 0.682. The van der Waals surface area contributed by atoms with E-state index in [2.05, 4.69) is 10.3 Å². The molecule has 1 unspecified atom stereocenters. The second-order valence-corrected chi connectivity index (χ2v) is 6.56. The Morgan fingerprint density at radius 1 is 1.48 bits per heavy atom. The van der Waals surface area contributed by atoms with E-state index in [1.165, 1.54) is 21.9 Å². The van der Waals surface area contributed by atoms with Gasteiger partial charge in [-0.1, -0.05) is 12.1 Å². The van der Waals surface area contributed by atoms with Crippen molar-refractivity contribution in [1.29, 1.82) is 0 Å². The predicted molar refractivity (Wildman–Crippen MR) is 93.7 cm³/mol. The summed E-state index contributed by atoms with van der Waals surface area (Å²) >= 11 is 1.36. The molecule has 0 saturated heterocycles. The molecule has 1 aliphatic rings. The number of nitrogens with one attached hydrogen (secondary N) is 1. The number of para-hydroxylation sites is 1. The molecule has 0 aliphatic carbocycles. The standard InChI is InChI=1S/C17H15N3O4S/c1-23-13-4-2-3-10-7-11(9-24-14(10)13)15(21)19-12-8-18-17-20(16(12)22)5-6-25-17/h2-6,8,11H,7,9H2,1H3,(H,19,21). The Bertz CT molecular complexity index is 1010. The van der Waals surface area contributed by atoms with Gasteiger partial charge in [-0.2, -0.15) is 0 Å². The van der Waals surface area contributed by atoms with Crippen LogP contribution in [0, 0.1) is 5.92 Å². The van der Waals surface area contributed by atoms with E-state index in [0.717, 1.165) is 5.56 Å². The van der Waals surface area contributed by atoms with Crippen molar-refractivity contribution in [2.75, 3.05) is 19.0 Å². The van der Waals surface area contributed by atoms with Crippen LogP contribution in [0.3, 0.4) is 0 Å². The number of amides is 1. The molecule has 0 spiro atoms. The van der Waals surface area contributed by atoms with E-state index >= 15 is 0 Å². The first-order valence-corrected chi connectivity index (χ1v) is 8.59. The predicted octanol–water partition coefficient (Wildman–Crippen LogP) is 1.95. The Morgan fingerprint density at radius 2 is 2.36 bits per heavy atom. The molecule has 7 nitrogen and oxygen atoms in total. The number of hydrogen-bond acceptors (Lipinski definition) is 6. The minimum Gasteiger partial charge on any atom is -0.493 e. The molecular formula is C17H15N3O4S. The first-order valence-electron chi connectivity index (χ1n) is 7.72. The number of carbonyl (C=O) groups is 1. The van der Waals surface area contributed by atoms with Crippen molar-refractivity contribution >= 4 is 27.9 Å². The van der Waals surface area contributed by atoms with Crippen LogP contribution in [0.1, 0.15) is 5.56 Å². The number of thiazole rings is 1. The molecule has 2 aromatic heterocycles. The lowest BCUT2D eigenvalue weighted by molar-refractivity contribution is -0.121. The SMILES string of the molecule is COc1cccc2c1OCC(C(=O)Nc1cnc3sccn3c1=O)C2. The number of rotatable bonds is 3. The molecule has 128 valence electrons. The highest BCUT2D eigenvalue weighted by molar-refractivity contribution is 7.15. The van der Waals surface area contributed by atoms with Crippen LogP contribution in [0.5, 0.6) is 11.5 Å². The van der Waals surface area contributed by atoms with Gasteiger partial charge < -0.3 is 14.8 Å². The van der Waals surface area contributed by atoms with Gasteiger partial charge in [-0.3, -0.25) is 14.0 Å². The number of carbonyl (C=O) groups excluding carboxylic acids is 1. The zero-order chi connectivity index (χ0) is 17.4.